The predicted octanol–water partition coefficient (Wildman–Crippen LogP) is 2.52. The van der Waals surface area contributed by atoms with E-state index in [1.54, 1.807) is 0 Å². The second kappa shape index (κ2) is 4.60. The molecule has 8 rings (SSSR count). The van der Waals surface area contributed by atoms with Crippen LogP contribution in [0, 0.1) is 22.2 Å². The number of aliphatic hydroxyl groups excluding tert-OH is 1. The van der Waals surface area contributed by atoms with Gasteiger partial charge >= 0.3 is 0 Å². The van der Waals surface area contributed by atoms with E-state index in [-0.39, 0.29) is 33.6 Å². The lowest BCUT2D eigenvalue weighted by Gasteiger charge is -2.58. The molecule has 4 aliphatic heterocycles. The number of ether oxygens (including phenoxy) is 5. The molecule has 6 nitrogen and oxygen atoms in total. The summed E-state index contributed by atoms with van der Waals surface area (Å²) in [6, 6.07) is 0. The average Bonchev–Trinajstić information content (AvgIpc) is 3.23. The van der Waals surface area contributed by atoms with Gasteiger partial charge in [0.25, 0.3) is 0 Å². The van der Waals surface area contributed by atoms with Crippen molar-refractivity contribution >= 4 is 0 Å². The molecule has 8 fully saturated rings. The number of fused-ring (bicyclic) bond motifs is 2. The Morgan fingerprint density at radius 1 is 0.828 bits per heavy atom. The third-order valence-corrected chi connectivity index (χ3v) is 11.4. The number of rotatable bonds is 0. The Bertz CT molecular complexity index is 803. The minimum Gasteiger partial charge on any atom is -0.392 e. The van der Waals surface area contributed by atoms with Gasteiger partial charge in [0.15, 0.2) is 11.6 Å². The molecule has 4 aliphatic carbocycles. The number of hydrogen-bond acceptors (Lipinski definition) is 6. The largest absolute Gasteiger partial charge is 0.392 e. The van der Waals surface area contributed by atoms with Crippen LogP contribution in [0.5, 0.6) is 0 Å². The summed E-state index contributed by atoms with van der Waals surface area (Å²) in [5, 5.41) is 11.8. The SMILES string of the molecule is C[C@]12C[C@H](O)[C@]34CC35CCC3(C[C@]56CC[C@]4(O6)[C@@H]1CCC21OCCO1)OCCO3. The lowest BCUT2D eigenvalue weighted by molar-refractivity contribution is -0.282. The summed E-state index contributed by atoms with van der Waals surface area (Å²) in [4.78, 5) is 0. The van der Waals surface area contributed by atoms with E-state index >= 15 is 0 Å². The van der Waals surface area contributed by atoms with Crippen LogP contribution in [-0.4, -0.2) is 60.4 Å². The highest BCUT2D eigenvalue weighted by atomic mass is 16.7. The first-order chi connectivity index (χ1) is 13.9. The van der Waals surface area contributed by atoms with Crippen molar-refractivity contribution in [1.82, 2.24) is 0 Å². The fourth-order valence-electron chi connectivity index (χ4n) is 10.6. The van der Waals surface area contributed by atoms with E-state index in [0.29, 0.717) is 32.3 Å². The van der Waals surface area contributed by atoms with Crippen molar-refractivity contribution < 1.29 is 28.8 Å². The average molecular weight is 405 g/mol. The monoisotopic (exact) mass is 404 g/mol. The summed E-state index contributed by atoms with van der Waals surface area (Å²) < 4.78 is 32.2. The second-order valence-corrected chi connectivity index (χ2v) is 11.7. The Hall–Kier alpha value is -0.240. The summed E-state index contributed by atoms with van der Waals surface area (Å²) in [7, 11) is 0. The molecule has 0 aromatic rings. The molecule has 2 bridgehead atoms. The zero-order valence-electron chi connectivity index (χ0n) is 17.3. The Kier molecular flexibility index (Phi) is 2.75. The summed E-state index contributed by atoms with van der Waals surface area (Å²) in [5.41, 5.74) is -0.564. The third-order valence-electron chi connectivity index (χ3n) is 11.4. The summed E-state index contributed by atoms with van der Waals surface area (Å²) in [6.07, 6.45) is 8.56. The normalized spacial score (nSPS) is 62.3. The molecule has 6 heteroatoms. The number of hydrogen-bond donors (Lipinski definition) is 1. The van der Waals surface area contributed by atoms with Crippen molar-refractivity contribution in [3.8, 4) is 0 Å². The zero-order chi connectivity index (χ0) is 19.4. The van der Waals surface area contributed by atoms with Crippen molar-refractivity contribution in [1.29, 1.82) is 0 Å². The molecule has 4 heterocycles. The van der Waals surface area contributed by atoms with Crippen LogP contribution in [-0.2, 0) is 23.7 Å². The van der Waals surface area contributed by atoms with Crippen molar-refractivity contribution in [2.45, 2.75) is 93.6 Å². The maximum atomic E-state index is 11.8. The van der Waals surface area contributed by atoms with Crippen LogP contribution in [0.2, 0.25) is 0 Å². The summed E-state index contributed by atoms with van der Waals surface area (Å²) in [6.45, 7) is 5.04. The highest BCUT2D eigenvalue weighted by Crippen LogP contribution is 2.94. The van der Waals surface area contributed by atoms with Crippen molar-refractivity contribution in [2.24, 2.45) is 22.2 Å². The molecule has 160 valence electrons. The first-order valence-electron chi connectivity index (χ1n) is 11.9. The Balaban J connectivity index is 1.27. The van der Waals surface area contributed by atoms with E-state index in [0.717, 1.165) is 57.8 Å². The van der Waals surface area contributed by atoms with Gasteiger partial charge in [-0.1, -0.05) is 6.92 Å². The van der Waals surface area contributed by atoms with Gasteiger partial charge < -0.3 is 28.8 Å². The molecule has 0 aromatic heterocycles. The standard InChI is InChI=1S/C23H32O6/c1-17-12-16(24)21-13-18(21)4-6-20(25-8-9-26-20)14-19(18)5-7-22(21,29-19)15(17)2-3-23(17)27-10-11-28-23/h15-16,24H,2-14H2,1H3/t15-,16+,17+,18?,19-,21-,22+/m1/s1. The van der Waals surface area contributed by atoms with Gasteiger partial charge in [-0.15, -0.1) is 0 Å². The number of aliphatic hydroxyl groups is 1. The van der Waals surface area contributed by atoms with Crippen LogP contribution >= 0.6 is 0 Å². The van der Waals surface area contributed by atoms with Gasteiger partial charge in [0.05, 0.1) is 43.7 Å². The van der Waals surface area contributed by atoms with E-state index in [9.17, 15) is 5.11 Å². The van der Waals surface area contributed by atoms with Crippen LogP contribution in [0.15, 0.2) is 0 Å². The molecule has 1 N–H and O–H groups in total. The zero-order valence-corrected chi connectivity index (χ0v) is 17.3. The molecule has 0 aromatic carbocycles. The van der Waals surface area contributed by atoms with Crippen LogP contribution < -0.4 is 0 Å². The van der Waals surface area contributed by atoms with E-state index in [1.165, 1.54) is 0 Å². The fourth-order valence-corrected chi connectivity index (χ4v) is 10.6. The van der Waals surface area contributed by atoms with Gasteiger partial charge in [0.1, 0.15) is 0 Å². The van der Waals surface area contributed by atoms with Gasteiger partial charge in [0.2, 0.25) is 0 Å². The minimum atomic E-state index is -0.525. The van der Waals surface area contributed by atoms with Crippen LogP contribution in [0.3, 0.4) is 0 Å². The maximum absolute atomic E-state index is 11.8. The third kappa shape index (κ3) is 1.45. The highest BCUT2D eigenvalue weighted by molar-refractivity contribution is 5.44. The van der Waals surface area contributed by atoms with E-state index in [1.807, 2.05) is 0 Å². The summed E-state index contributed by atoms with van der Waals surface area (Å²) >= 11 is 0. The molecule has 1 unspecified atom stereocenters. The Morgan fingerprint density at radius 3 is 2.38 bits per heavy atom. The lowest BCUT2D eigenvalue weighted by Crippen LogP contribution is -2.64. The summed E-state index contributed by atoms with van der Waals surface area (Å²) in [5.74, 6) is -0.582. The Morgan fingerprint density at radius 2 is 1.59 bits per heavy atom. The van der Waals surface area contributed by atoms with E-state index in [2.05, 4.69) is 6.92 Å². The van der Waals surface area contributed by atoms with Crippen molar-refractivity contribution in [3.63, 3.8) is 0 Å². The van der Waals surface area contributed by atoms with Gasteiger partial charge in [-0.05, 0) is 44.4 Å². The molecule has 6 spiro atoms. The molecule has 4 saturated carbocycles. The predicted molar refractivity (Wildman–Crippen MR) is 99.8 cm³/mol. The molecular formula is C23H32O6. The molecule has 8 aliphatic rings. The van der Waals surface area contributed by atoms with Gasteiger partial charge in [-0.25, -0.2) is 0 Å². The Labute approximate surface area is 171 Å². The van der Waals surface area contributed by atoms with E-state index in [4.69, 9.17) is 23.7 Å². The van der Waals surface area contributed by atoms with E-state index < -0.39 is 11.6 Å². The minimum absolute atomic E-state index is 0.0766. The molecular weight excluding hydrogens is 372 g/mol. The molecule has 0 amide bonds. The highest BCUT2D eigenvalue weighted by Gasteiger charge is 2.98. The smallest absolute Gasteiger partial charge is 0.174 e. The molecule has 0 radical (unpaired) electrons. The first-order valence-corrected chi connectivity index (χ1v) is 11.9. The van der Waals surface area contributed by atoms with Crippen molar-refractivity contribution in [2.75, 3.05) is 26.4 Å². The lowest BCUT2D eigenvalue weighted by atomic mass is 9.48. The molecule has 29 heavy (non-hydrogen) atoms. The van der Waals surface area contributed by atoms with Crippen LogP contribution in [0.1, 0.15) is 64.7 Å². The van der Waals surface area contributed by atoms with Gasteiger partial charge in [0, 0.05) is 35.5 Å². The van der Waals surface area contributed by atoms with Gasteiger partial charge in [-0.2, -0.15) is 0 Å². The van der Waals surface area contributed by atoms with Crippen molar-refractivity contribution in [3.05, 3.63) is 0 Å². The molecule has 7 atom stereocenters. The topological polar surface area (TPSA) is 66.4 Å². The second-order valence-electron chi connectivity index (χ2n) is 11.7. The van der Waals surface area contributed by atoms with Gasteiger partial charge in [-0.3, -0.25) is 0 Å². The fraction of sp³-hybridized carbons (Fsp3) is 1.00. The van der Waals surface area contributed by atoms with Crippen LogP contribution in [0.25, 0.3) is 0 Å². The molecule has 4 saturated heterocycles. The van der Waals surface area contributed by atoms with Crippen LogP contribution in [0.4, 0.5) is 0 Å². The first kappa shape index (κ1) is 17.3. The quantitative estimate of drug-likeness (QED) is 0.669. The maximum Gasteiger partial charge on any atom is 0.174 e.